The molecule has 0 radical (unpaired) electrons. The van der Waals surface area contributed by atoms with Crippen LogP contribution in [0, 0.1) is 6.92 Å². The SMILES string of the molecule is Cc1c[nH]c2ncc(-c3cc4c(c(C5COCCN5C(=O)OC(C)(C)C)c3)CN(C(=O)N3C[C@H](C)O[C@@H](C)C3)CC4)cc12. The number of urea groups is 1. The van der Waals surface area contributed by atoms with Crippen LogP contribution in [0.15, 0.2) is 30.6 Å². The largest absolute Gasteiger partial charge is 0.444 e. The molecule has 2 saturated heterocycles. The van der Waals surface area contributed by atoms with Crippen LogP contribution in [0.5, 0.6) is 0 Å². The molecule has 2 aromatic heterocycles. The summed E-state index contributed by atoms with van der Waals surface area (Å²) in [6.07, 6.45) is 4.23. The highest BCUT2D eigenvalue weighted by Gasteiger charge is 2.37. The van der Waals surface area contributed by atoms with Crippen molar-refractivity contribution in [2.24, 2.45) is 0 Å². The number of carbonyl (C=O) groups excluding carboxylic acids is 2. The number of pyridine rings is 1. The van der Waals surface area contributed by atoms with Crippen molar-refractivity contribution in [2.45, 2.75) is 78.4 Å². The van der Waals surface area contributed by atoms with Gasteiger partial charge in [-0.15, -0.1) is 0 Å². The normalized spacial score (nSPS) is 22.9. The topological polar surface area (TPSA) is 100 Å². The van der Waals surface area contributed by atoms with Gasteiger partial charge in [0.2, 0.25) is 0 Å². The summed E-state index contributed by atoms with van der Waals surface area (Å²) in [7, 11) is 0. The van der Waals surface area contributed by atoms with Crippen LogP contribution in [0.3, 0.4) is 0 Å². The number of H-pyrrole nitrogens is 1. The lowest BCUT2D eigenvalue weighted by Crippen LogP contribution is -2.53. The van der Waals surface area contributed by atoms with Gasteiger partial charge in [-0.25, -0.2) is 14.6 Å². The fourth-order valence-electron chi connectivity index (χ4n) is 6.55. The number of nitrogens with zero attached hydrogens (tertiary/aromatic N) is 4. The fourth-order valence-corrected chi connectivity index (χ4v) is 6.55. The molecule has 5 heterocycles. The Labute approximate surface area is 253 Å². The number of hydrogen-bond acceptors (Lipinski definition) is 6. The Bertz CT molecular complexity index is 1520. The Morgan fingerprint density at radius 3 is 2.56 bits per heavy atom. The van der Waals surface area contributed by atoms with E-state index >= 15 is 0 Å². The van der Waals surface area contributed by atoms with E-state index in [-0.39, 0.29) is 30.4 Å². The molecular formula is C33H43N5O5. The van der Waals surface area contributed by atoms with Gasteiger partial charge in [0.25, 0.3) is 0 Å². The van der Waals surface area contributed by atoms with Gasteiger partial charge in [-0.3, -0.25) is 4.90 Å². The first kappa shape index (κ1) is 29.4. The third-order valence-corrected chi connectivity index (χ3v) is 8.52. The molecule has 1 unspecified atom stereocenters. The van der Waals surface area contributed by atoms with E-state index in [1.54, 1.807) is 4.90 Å². The molecule has 3 aromatic rings. The molecule has 0 aliphatic carbocycles. The molecule has 1 N–H and O–H groups in total. The third-order valence-electron chi connectivity index (χ3n) is 8.52. The Hall–Kier alpha value is -3.63. The van der Waals surface area contributed by atoms with E-state index in [9.17, 15) is 9.59 Å². The van der Waals surface area contributed by atoms with Crippen molar-refractivity contribution >= 4 is 23.2 Å². The zero-order chi connectivity index (χ0) is 30.5. The summed E-state index contributed by atoms with van der Waals surface area (Å²) >= 11 is 0. The second kappa shape index (κ2) is 11.5. The number of aryl methyl sites for hydroxylation is 1. The number of nitrogens with one attached hydrogen (secondary N) is 1. The number of rotatable bonds is 2. The van der Waals surface area contributed by atoms with Gasteiger partial charge in [0.1, 0.15) is 11.2 Å². The molecule has 230 valence electrons. The zero-order valence-corrected chi connectivity index (χ0v) is 26.1. The summed E-state index contributed by atoms with van der Waals surface area (Å²) in [6, 6.07) is 6.24. The molecule has 3 atom stereocenters. The quantitative estimate of drug-likeness (QED) is 0.428. The van der Waals surface area contributed by atoms with Gasteiger partial charge in [0.15, 0.2) is 0 Å². The molecular weight excluding hydrogens is 546 g/mol. The molecule has 3 aliphatic heterocycles. The molecule has 0 spiro atoms. The highest BCUT2D eigenvalue weighted by molar-refractivity contribution is 5.85. The number of benzene rings is 1. The summed E-state index contributed by atoms with van der Waals surface area (Å²) in [5.74, 6) is 0. The van der Waals surface area contributed by atoms with Crippen molar-refractivity contribution in [2.75, 3.05) is 39.4 Å². The minimum atomic E-state index is -0.619. The maximum Gasteiger partial charge on any atom is 0.410 e. The number of carbonyl (C=O) groups is 2. The molecule has 1 aromatic carbocycles. The van der Waals surface area contributed by atoms with E-state index in [0.717, 1.165) is 45.3 Å². The minimum absolute atomic E-state index is 0.000664. The number of morpholine rings is 2. The van der Waals surface area contributed by atoms with Crippen molar-refractivity contribution in [3.8, 4) is 11.1 Å². The van der Waals surface area contributed by atoms with Gasteiger partial charge in [0.05, 0.1) is 31.5 Å². The first-order valence-corrected chi connectivity index (χ1v) is 15.3. The first-order valence-electron chi connectivity index (χ1n) is 15.3. The Morgan fingerprint density at radius 1 is 1.05 bits per heavy atom. The van der Waals surface area contributed by atoms with E-state index in [2.05, 4.69) is 35.1 Å². The lowest BCUT2D eigenvalue weighted by atomic mass is 9.87. The highest BCUT2D eigenvalue weighted by Crippen LogP contribution is 2.37. The minimum Gasteiger partial charge on any atom is -0.444 e. The van der Waals surface area contributed by atoms with Crippen LogP contribution in [-0.4, -0.2) is 94.0 Å². The molecule has 43 heavy (non-hydrogen) atoms. The van der Waals surface area contributed by atoms with Crippen LogP contribution >= 0.6 is 0 Å². The van der Waals surface area contributed by atoms with Gasteiger partial charge >= 0.3 is 12.1 Å². The van der Waals surface area contributed by atoms with Gasteiger partial charge < -0.3 is 29.0 Å². The number of aromatic nitrogens is 2. The molecule has 6 rings (SSSR count). The predicted molar refractivity (Wildman–Crippen MR) is 164 cm³/mol. The van der Waals surface area contributed by atoms with Gasteiger partial charge in [-0.2, -0.15) is 0 Å². The monoisotopic (exact) mass is 589 g/mol. The van der Waals surface area contributed by atoms with Crippen LogP contribution in [0.1, 0.15) is 62.9 Å². The lowest BCUT2D eigenvalue weighted by molar-refractivity contribution is -0.0586. The Kier molecular flexibility index (Phi) is 7.85. The molecule has 2 fully saturated rings. The average molecular weight is 590 g/mol. The van der Waals surface area contributed by atoms with Crippen LogP contribution in [0.25, 0.3) is 22.2 Å². The second-order valence-electron chi connectivity index (χ2n) is 13.2. The maximum absolute atomic E-state index is 13.8. The van der Waals surface area contributed by atoms with Gasteiger partial charge in [0, 0.05) is 56.1 Å². The van der Waals surface area contributed by atoms with E-state index in [0.29, 0.717) is 45.9 Å². The smallest absolute Gasteiger partial charge is 0.410 e. The van der Waals surface area contributed by atoms with E-state index in [1.807, 2.05) is 56.8 Å². The second-order valence-corrected chi connectivity index (χ2v) is 13.2. The van der Waals surface area contributed by atoms with Crippen molar-refractivity contribution in [3.63, 3.8) is 0 Å². The van der Waals surface area contributed by atoms with Gasteiger partial charge in [-0.05, 0) is 87.9 Å². The maximum atomic E-state index is 13.8. The molecule has 0 saturated carbocycles. The van der Waals surface area contributed by atoms with Crippen LogP contribution in [-0.2, 0) is 27.2 Å². The average Bonchev–Trinajstić information content (AvgIpc) is 3.34. The number of hydrogen-bond donors (Lipinski definition) is 1. The van der Waals surface area contributed by atoms with Gasteiger partial charge in [-0.1, -0.05) is 6.07 Å². The van der Waals surface area contributed by atoms with Crippen molar-refractivity contribution in [1.82, 2.24) is 24.7 Å². The van der Waals surface area contributed by atoms with Crippen LogP contribution in [0.4, 0.5) is 9.59 Å². The lowest BCUT2D eigenvalue weighted by Gasteiger charge is -2.41. The summed E-state index contributed by atoms with van der Waals surface area (Å²) in [4.78, 5) is 40.8. The number of fused-ring (bicyclic) bond motifs is 2. The van der Waals surface area contributed by atoms with E-state index < -0.39 is 5.60 Å². The number of amides is 3. The summed E-state index contributed by atoms with van der Waals surface area (Å²) in [5.41, 5.74) is 6.67. The molecule has 10 heteroatoms. The number of aromatic amines is 1. The summed E-state index contributed by atoms with van der Waals surface area (Å²) in [5, 5.41) is 1.08. The van der Waals surface area contributed by atoms with E-state index in [4.69, 9.17) is 14.2 Å². The summed E-state index contributed by atoms with van der Waals surface area (Å²) < 4.78 is 17.7. The Balaban J connectivity index is 1.40. The fraction of sp³-hybridized carbons (Fsp3) is 0.545. The zero-order valence-electron chi connectivity index (χ0n) is 26.1. The van der Waals surface area contributed by atoms with Crippen molar-refractivity contribution in [1.29, 1.82) is 0 Å². The van der Waals surface area contributed by atoms with Crippen LogP contribution < -0.4 is 0 Å². The molecule has 3 amide bonds. The van der Waals surface area contributed by atoms with Crippen molar-refractivity contribution < 1.29 is 23.8 Å². The first-order chi connectivity index (χ1) is 20.5. The third kappa shape index (κ3) is 6.08. The predicted octanol–water partition coefficient (Wildman–Crippen LogP) is 5.43. The highest BCUT2D eigenvalue weighted by atomic mass is 16.6. The standard InChI is InChI=1S/C33H43N5O5/c1-20-14-34-30-26(20)13-25(15-35-30)24-11-23-7-8-36(31(39)37-16-21(2)42-22(3)17-37)18-28(23)27(12-24)29-19-41-10-9-38(29)32(40)43-33(4,5)6/h11-15,21-22,29H,7-10,16-19H2,1-6H3,(H,34,35)/t21-,22-,29?/m0/s1. The molecule has 3 aliphatic rings. The van der Waals surface area contributed by atoms with Crippen LogP contribution in [0.2, 0.25) is 0 Å². The summed E-state index contributed by atoms with van der Waals surface area (Å²) in [6.45, 7) is 15.2. The van der Waals surface area contributed by atoms with E-state index in [1.165, 1.54) is 5.56 Å². The molecule has 10 nitrogen and oxygen atoms in total. The number of ether oxygens (including phenoxy) is 3. The Morgan fingerprint density at radius 2 is 1.81 bits per heavy atom. The van der Waals surface area contributed by atoms with Crippen molar-refractivity contribution in [3.05, 3.63) is 52.8 Å². The molecule has 0 bridgehead atoms.